The standard InChI is InChI=1S/C26H38FN3O4/c1-18(2)34-25(33)30-12-10-26(11-13-30)15-20(16-26)7-5-4-6-19-8-9-21(22(27)14-19)24(32)29(3)17-23(28)31/h8-9,14,18,20H,4-7,10-13,15-17H2,1-3H3,(H2,28,31). The zero-order valence-corrected chi connectivity index (χ0v) is 20.6. The number of rotatable bonds is 9. The number of carbonyl (C=O) groups is 3. The van der Waals surface area contributed by atoms with Crippen molar-refractivity contribution in [3.8, 4) is 0 Å². The molecule has 0 unspecified atom stereocenters. The molecular formula is C26H38FN3O4. The number of unbranched alkanes of at least 4 members (excludes halogenated alkanes) is 1. The van der Waals surface area contributed by atoms with Gasteiger partial charge in [0.2, 0.25) is 5.91 Å². The number of carbonyl (C=O) groups excluding carboxylic acids is 3. The van der Waals surface area contributed by atoms with Gasteiger partial charge in [0, 0.05) is 20.1 Å². The molecule has 3 rings (SSSR count). The number of nitrogens with zero attached hydrogens (tertiary/aromatic N) is 2. The first kappa shape index (κ1) is 26.0. The second kappa shape index (κ2) is 11.2. The maximum atomic E-state index is 14.4. The summed E-state index contributed by atoms with van der Waals surface area (Å²) >= 11 is 0. The summed E-state index contributed by atoms with van der Waals surface area (Å²) in [5.74, 6) is -1.01. The predicted octanol–water partition coefficient (Wildman–Crippen LogP) is 4.13. The van der Waals surface area contributed by atoms with Gasteiger partial charge in [-0.2, -0.15) is 0 Å². The molecule has 1 spiro atoms. The molecule has 0 atom stereocenters. The number of likely N-dealkylation sites (tertiary alicyclic amines) is 1. The van der Waals surface area contributed by atoms with E-state index in [-0.39, 0.29) is 24.3 Å². The summed E-state index contributed by atoms with van der Waals surface area (Å²) in [5, 5.41) is 0. The first-order valence-electron chi connectivity index (χ1n) is 12.4. The highest BCUT2D eigenvalue weighted by molar-refractivity contribution is 5.96. The van der Waals surface area contributed by atoms with E-state index in [0.717, 1.165) is 61.6 Å². The molecule has 0 bridgehead atoms. The Kier molecular flexibility index (Phi) is 8.55. The number of hydrogen-bond acceptors (Lipinski definition) is 4. The van der Waals surface area contributed by atoms with Gasteiger partial charge in [-0.05, 0) is 81.4 Å². The minimum Gasteiger partial charge on any atom is -0.447 e. The van der Waals surface area contributed by atoms with Gasteiger partial charge in [-0.3, -0.25) is 9.59 Å². The number of aryl methyl sites for hydroxylation is 1. The van der Waals surface area contributed by atoms with Crippen molar-refractivity contribution in [1.29, 1.82) is 0 Å². The molecule has 1 aromatic carbocycles. The highest BCUT2D eigenvalue weighted by atomic mass is 19.1. The Morgan fingerprint density at radius 2 is 1.88 bits per heavy atom. The number of hydrogen-bond donors (Lipinski definition) is 1. The van der Waals surface area contributed by atoms with Crippen LogP contribution in [0.15, 0.2) is 18.2 Å². The number of amides is 3. The van der Waals surface area contributed by atoms with Crippen LogP contribution in [0.2, 0.25) is 0 Å². The van der Waals surface area contributed by atoms with Gasteiger partial charge in [0.25, 0.3) is 5.91 Å². The molecule has 0 aromatic heterocycles. The van der Waals surface area contributed by atoms with Crippen molar-refractivity contribution in [2.24, 2.45) is 17.1 Å². The molecule has 1 aromatic rings. The van der Waals surface area contributed by atoms with Crippen LogP contribution in [0.25, 0.3) is 0 Å². The zero-order chi connectivity index (χ0) is 24.9. The van der Waals surface area contributed by atoms with Gasteiger partial charge >= 0.3 is 6.09 Å². The van der Waals surface area contributed by atoms with Gasteiger partial charge in [-0.15, -0.1) is 0 Å². The molecule has 7 nitrogen and oxygen atoms in total. The fourth-order valence-electron chi connectivity index (χ4n) is 5.38. The lowest BCUT2D eigenvalue weighted by atomic mass is 9.56. The maximum Gasteiger partial charge on any atom is 0.410 e. The van der Waals surface area contributed by atoms with E-state index in [0.29, 0.717) is 5.41 Å². The third-order valence-electron chi connectivity index (χ3n) is 7.19. The first-order valence-corrected chi connectivity index (χ1v) is 12.4. The fourth-order valence-corrected chi connectivity index (χ4v) is 5.38. The van der Waals surface area contributed by atoms with Crippen molar-refractivity contribution in [1.82, 2.24) is 9.80 Å². The lowest BCUT2D eigenvalue weighted by Crippen LogP contribution is -2.49. The molecule has 2 fully saturated rings. The van der Waals surface area contributed by atoms with Crippen LogP contribution < -0.4 is 5.73 Å². The van der Waals surface area contributed by atoms with Crippen molar-refractivity contribution < 1.29 is 23.5 Å². The maximum absolute atomic E-state index is 14.4. The average molecular weight is 476 g/mol. The van der Waals surface area contributed by atoms with Gasteiger partial charge in [0.15, 0.2) is 0 Å². The third-order valence-corrected chi connectivity index (χ3v) is 7.19. The quantitative estimate of drug-likeness (QED) is 0.544. The number of primary amides is 1. The Morgan fingerprint density at radius 1 is 1.21 bits per heavy atom. The monoisotopic (exact) mass is 475 g/mol. The number of piperidine rings is 1. The Bertz CT molecular complexity index is 888. The smallest absolute Gasteiger partial charge is 0.410 e. The number of nitrogens with two attached hydrogens (primary N) is 1. The van der Waals surface area contributed by atoms with Gasteiger partial charge in [-0.25, -0.2) is 9.18 Å². The number of halogens is 1. The van der Waals surface area contributed by atoms with E-state index in [9.17, 15) is 18.8 Å². The summed E-state index contributed by atoms with van der Waals surface area (Å²) < 4.78 is 19.8. The zero-order valence-electron chi connectivity index (χ0n) is 20.6. The van der Waals surface area contributed by atoms with Crippen molar-refractivity contribution in [3.05, 3.63) is 35.1 Å². The van der Waals surface area contributed by atoms with E-state index < -0.39 is 17.6 Å². The summed E-state index contributed by atoms with van der Waals surface area (Å²) in [7, 11) is 1.43. The topological polar surface area (TPSA) is 92.9 Å². The van der Waals surface area contributed by atoms with E-state index in [1.807, 2.05) is 18.7 Å². The van der Waals surface area contributed by atoms with E-state index in [1.54, 1.807) is 6.07 Å². The van der Waals surface area contributed by atoms with Gasteiger partial charge < -0.3 is 20.3 Å². The molecule has 34 heavy (non-hydrogen) atoms. The number of ether oxygens (including phenoxy) is 1. The third kappa shape index (κ3) is 6.70. The van der Waals surface area contributed by atoms with Crippen LogP contribution in [0, 0.1) is 17.2 Å². The molecule has 0 radical (unpaired) electrons. The number of benzene rings is 1. The van der Waals surface area contributed by atoms with Crippen LogP contribution in [0.1, 0.15) is 74.7 Å². The van der Waals surface area contributed by atoms with E-state index in [4.69, 9.17) is 10.5 Å². The lowest BCUT2D eigenvalue weighted by molar-refractivity contribution is -0.118. The summed E-state index contributed by atoms with van der Waals surface area (Å²) in [4.78, 5) is 38.3. The molecule has 1 saturated heterocycles. The SMILES string of the molecule is CC(C)OC(=O)N1CCC2(CC1)CC(CCCCc1ccc(C(=O)N(C)CC(N)=O)c(F)c1)C2. The molecule has 1 aliphatic heterocycles. The average Bonchev–Trinajstić information content (AvgIpc) is 2.74. The second-order valence-corrected chi connectivity index (χ2v) is 10.4. The summed E-state index contributed by atoms with van der Waals surface area (Å²) in [5.41, 5.74) is 6.34. The van der Waals surface area contributed by atoms with Crippen molar-refractivity contribution in [2.75, 3.05) is 26.7 Å². The minimum atomic E-state index is -0.637. The van der Waals surface area contributed by atoms with Crippen LogP contribution in [-0.2, 0) is 16.0 Å². The summed E-state index contributed by atoms with van der Waals surface area (Å²) in [6, 6.07) is 4.69. The Balaban J connectivity index is 1.35. The Hall–Kier alpha value is -2.64. The molecule has 2 aliphatic rings. The highest BCUT2D eigenvalue weighted by Crippen LogP contribution is 2.54. The lowest BCUT2D eigenvalue weighted by Gasteiger charge is -2.52. The van der Waals surface area contributed by atoms with Crippen LogP contribution >= 0.6 is 0 Å². The van der Waals surface area contributed by atoms with E-state index >= 15 is 0 Å². The van der Waals surface area contributed by atoms with Crippen LogP contribution in [0.3, 0.4) is 0 Å². The molecule has 1 saturated carbocycles. The van der Waals surface area contributed by atoms with Crippen LogP contribution in [-0.4, -0.2) is 60.5 Å². The highest BCUT2D eigenvalue weighted by Gasteiger charge is 2.45. The summed E-state index contributed by atoms with van der Waals surface area (Å²) in [6.07, 6.45) is 8.37. The predicted molar refractivity (Wildman–Crippen MR) is 128 cm³/mol. The molecule has 1 aliphatic carbocycles. The Labute approximate surface area is 201 Å². The van der Waals surface area contributed by atoms with Gasteiger partial charge in [-0.1, -0.05) is 18.9 Å². The molecule has 3 amide bonds. The van der Waals surface area contributed by atoms with E-state index in [2.05, 4.69) is 0 Å². The van der Waals surface area contributed by atoms with Gasteiger partial charge in [0.05, 0.1) is 18.2 Å². The summed E-state index contributed by atoms with van der Waals surface area (Å²) in [6.45, 7) is 5.09. The molecule has 8 heteroatoms. The minimum absolute atomic E-state index is 0.0456. The number of likely N-dealkylation sites (N-methyl/N-ethyl adjacent to an activating group) is 1. The fraction of sp³-hybridized carbons (Fsp3) is 0.654. The largest absolute Gasteiger partial charge is 0.447 e. The van der Waals surface area contributed by atoms with Crippen molar-refractivity contribution in [2.45, 2.75) is 71.3 Å². The van der Waals surface area contributed by atoms with Gasteiger partial charge in [0.1, 0.15) is 5.82 Å². The Morgan fingerprint density at radius 3 is 2.47 bits per heavy atom. The molecule has 1 heterocycles. The molecule has 188 valence electrons. The molecular weight excluding hydrogens is 437 g/mol. The van der Waals surface area contributed by atoms with Crippen LogP contribution in [0.5, 0.6) is 0 Å². The van der Waals surface area contributed by atoms with Crippen molar-refractivity contribution in [3.63, 3.8) is 0 Å². The second-order valence-electron chi connectivity index (χ2n) is 10.4. The van der Waals surface area contributed by atoms with Crippen molar-refractivity contribution >= 4 is 17.9 Å². The molecule has 2 N–H and O–H groups in total. The van der Waals surface area contributed by atoms with Crippen LogP contribution in [0.4, 0.5) is 9.18 Å². The van der Waals surface area contributed by atoms with E-state index in [1.165, 1.54) is 38.4 Å². The normalized spacial score (nSPS) is 17.5. The first-order chi connectivity index (χ1) is 16.1.